The van der Waals surface area contributed by atoms with E-state index in [1.807, 2.05) is 0 Å². The van der Waals surface area contributed by atoms with E-state index in [0.29, 0.717) is 10.2 Å². The zero-order chi connectivity index (χ0) is 20.4. The van der Waals surface area contributed by atoms with Crippen molar-refractivity contribution < 1.29 is 38.1 Å². The second-order valence-electron chi connectivity index (χ2n) is 6.21. The monoisotopic (exact) mass is 393 g/mol. The first-order chi connectivity index (χ1) is 13.3. The van der Waals surface area contributed by atoms with Gasteiger partial charge in [-0.2, -0.15) is 4.57 Å². The number of fused-ring (bicyclic) bond motifs is 1. The summed E-state index contributed by atoms with van der Waals surface area (Å²) in [6.07, 6.45) is -1.42. The van der Waals surface area contributed by atoms with Gasteiger partial charge in [0, 0.05) is 20.8 Å². The van der Waals surface area contributed by atoms with Crippen LogP contribution in [0.25, 0.3) is 11.2 Å². The number of hydrogen-bond donors (Lipinski definition) is 0. The highest BCUT2D eigenvalue weighted by molar-refractivity contribution is 5.69. The molecule has 1 fully saturated rings. The molecule has 2 aromatic heterocycles. The third-order valence-corrected chi connectivity index (χ3v) is 4.09. The highest BCUT2D eigenvalue weighted by Crippen LogP contribution is 2.35. The van der Waals surface area contributed by atoms with Gasteiger partial charge in [0.1, 0.15) is 12.7 Å². The van der Waals surface area contributed by atoms with Crippen molar-refractivity contribution >= 4 is 29.1 Å². The summed E-state index contributed by atoms with van der Waals surface area (Å²) >= 11 is 0. The lowest BCUT2D eigenvalue weighted by atomic mass is 10.1. The molecule has 0 radical (unpaired) electrons. The van der Waals surface area contributed by atoms with Gasteiger partial charge < -0.3 is 24.2 Å². The SMILES string of the molecule is CC(=O)OC[C@H]1O[C@@H](n2cnc3ccc[n+]([O-])c32)[C@H](OC(C)=O)[C@@H]1OC(C)=O. The molecule has 1 aliphatic rings. The Hall–Kier alpha value is -3.21. The maximum atomic E-state index is 12.2. The molecule has 28 heavy (non-hydrogen) atoms. The van der Waals surface area contributed by atoms with E-state index in [1.54, 1.807) is 6.07 Å². The first-order valence-electron chi connectivity index (χ1n) is 8.46. The first kappa shape index (κ1) is 19.5. The van der Waals surface area contributed by atoms with E-state index in [9.17, 15) is 19.6 Å². The number of imidazole rings is 1. The van der Waals surface area contributed by atoms with Gasteiger partial charge in [-0.15, -0.1) is 0 Å². The van der Waals surface area contributed by atoms with Gasteiger partial charge in [0.25, 0.3) is 0 Å². The van der Waals surface area contributed by atoms with Crippen molar-refractivity contribution in [1.29, 1.82) is 0 Å². The molecular formula is C17H19N3O8. The molecule has 0 saturated carbocycles. The van der Waals surface area contributed by atoms with Gasteiger partial charge in [-0.1, -0.05) is 0 Å². The molecule has 4 atom stereocenters. The van der Waals surface area contributed by atoms with E-state index >= 15 is 0 Å². The van der Waals surface area contributed by atoms with Gasteiger partial charge in [-0.05, 0) is 12.1 Å². The zero-order valence-corrected chi connectivity index (χ0v) is 15.4. The van der Waals surface area contributed by atoms with E-state index < -0.39 is 42.4 Å². The Kier molecular flexibility index (Phi) is 5.45. The Morgan fingerprint density at radius 3 is 2.50 bits per heavy atom. The normalized spacial score (nSPS) is 24.1. The Balaban J connectivity index is 2.02. The smallest absolute Gasteiger partial charge is 0.314 e. The third kappa shape index (κ3) is 3.88. The highest BCUT2D eigenvalue weighted by Gasteiger charge is 2.53. The van der Waals surface area contributed by atoms with E-state index in [-0.39, 0.29) is 12.3 Å². The van der Waals surface area contributed by atoms with Crippen LogP contribution in [-0.4, -0.2) is 52.4 Å². The van der Waals surface area contributed by atoms with Crippen molar-refractivity contribution in [2.75, 3.05) is 6.61 Å². The summed E-state index contributed by atoms with van der Waals surface area (Å²) in [4.78, 5) is 38.6. The number of esters is 3. The van der Waals surface area contributed by atoms with Crippen LogP contribution < -0.4 is 4.73 Å². The number of nitrogens with zero attached hydrogens (tertiary/aromatic N) is 3. The Morgan fingerprint density at radius 2 is 1.86 bits per heavy atom. The van der Waals surface area contributed by atoms with Gasteiger partial charge in [-0.25, -0.2) is 9.71 Å². The van der Waals surface area contributed by atoms with Gasteiger partial charge in [-0.3, -0.25) is 14.4 Å². The topological polar surface area (TPSA) is 133 Å². The molecule has 3 rings (SSSR count). The molecule has 0 spiro atoms. The number of carbonyl (C=O) groups is 3. The molecule has 11 heteroatoms. The van der Waals surface area contributed by atoms with Gasteiger partial charge in [0.15, 0.2) is 17.9 Å². The average molecular weight is 393 g/mol. The van der Waals surface area contributed by atoms with Crippen LogP contribution >= 0.6 is 0 Å². The average Bonchev–Trinajstić information content (AvgIpc) is 3.16. The second kappa shape index (κ2) is 7.80. The first-order valence-corrected chi connectivity index (χ1v) is 8.46. The van der Waals surface area contributed by atoms with E-state index in [4.69, 9.17) is 18.9 Å². The number of hydrogen-bond acceptors (Lipinski definition) is 9. The van der Waals surface area contributed by atoms with Crippen molar-refractivity contribution in [3.05, 3.63) is 29.9 Å². The summed E-state index contributed by atoms with van der Waals surface area (Å²) in [6, 6.07) is 3.17. The fraction of sp³-hybridized carbons (Fsp3) is 0.471. The third-order valence-electron chi connectivity index (χ3n) is 4.09. The van der Waals surface area contributed by atoms with Crippen LogP contribution in [0.1, 0.15) is 27.0 Å². The summed E-state index contributed by atoms with van der Waals surface area (Å²) in [5.41, 5.74) is 0.564. The predicted molar refractivity (Wildman–Crippen MR) is 90.3 cm³/mol. The molecule has 0 bridgehead atoms. The van der Waals surface area contributed by atoms with Crippen LogP contribution in [0.4, 0.5) is 0 Å². The van der Waals surface area contributed by atoms with Gasteiger partial charge in [0.2, 0.25) is 12.3 Å². The summed E-state index contributed by atoms with van der Waals surface area (Å²) < 4.78 is 23.5. The summed E-state index contributed by atoms with van der Waals surface area (Å²) in [7, 11) is 0. The summed E-state index contributed by atoms with van der Waals surface area (Å²) in [6.45, 7) is 3.38. The fourth-order valence-electron chi connectivity index (χ4n) is 3.10. The number of ether oxygens (including phenoxy) is 4. The summed E-state index contributed by atoms with van der Waals surface area (Å²) in [5, 5.41) is 12.2. The second-order valence-corrected chi connectivity index (χ2v) is 6.21. The molecule has 0 aliphatic carbocycles. The largest absolute Gasteiger partial charge is 0.711 e. The quantitative estimate of drug-likeness (QED) is 0.298. The lowest BCUT2D eigenvalue weighted by molar-refractivity contribution is -0.580. The lowest BCUT2D eigenvalue weighted by Gasteiger charge is -2.22. The lowest BCUT2D eigenvalue weighted by Crippen LogP contribution is -2.41. The van der Waals surface area contributed by atoms with E-state index in [2.05, 4.69) is 4.98 Å². The molecule has 0 aromatic carbocycles. The molecule has 0 amide bonds. The maximum absolute atomic E-state index is 12.2. The Bertz CT molecular complexity index is 911. The van der Waals surface area contributed by atoms with Crippen molar-refractivity contribution in [3.63, 3.8) is 0 Å². The van der Waals surface area contributed by atoms with Gasteiger partial charge >= 0.3 is 23.6 Å². The van der Waals surface area contributed by atoms with Crippen molar-refractivity contribution in [2.24, 2.45) is 0 Å². The molecule has 0 N–H and O–H groups in total. The predicted octanol–water partition coefficient (Wildman–Crippen LogP) is -0.00640. The fourth-order valence-corrected chi connectivity index (χ4v) is 3.10. The molecule has 150 valence electrons. The van der Waals surface area contributed by atoms with Crippen LogP contribution in [0.15, 0.2) is 24.7 Å². The highest BCUT2D eigenvalue weighted by atomic mass is 16.7. The molecule has 0 unspecified atom stereocenters. The number of aromatic nitrogens is 3. The molecule has 11 nitrogen and oxygen atoms in total. The molecule has 3 heterocycles. The van der Waals surface area contributed by atoms with Crippen LogP contribution in [0.5, 0.6) is 0 Å². The van der Waals surface area contributed by atoms with E-state index in [1.165, 1.54) is 43.9 Å². The summed E-state index contributed by atoms with van der Waals surface area (Å²) in [5.74, 6) is -1.82. The molecule has 1 saturated heterocycles. The van der Waals surface area contributed by atoms with Gasteiger partial charge in [0.05, 0.1) is 6.20 Å². The minimum atomic E-state index is -1.08. The van der Waals surface area contributed by atoms with Crippen LogP contribution in [-0.2, 0) is 33.3 Å². The minimum Gasteiger partial charge on any atom is -0.711 e. The standard InChI is InChI=1S/C17H19N3O8/c1-9(21)25-7-13-14(26-10(2)22)15(27-11(3)23)17(28-13)19-8-18-12-5-4-6-20(24)16(12)19/h4-6,8,13-15,17H,7H2,1-3H3/t13-,14-,15-,17-/m1/s1. The molecular weight excluding hydrogens is 374 g/mol. The van der Waals surface area contributed by atoms with Crippen molar-refractivity contribution in [2.45, 2.75) is 45.3 Å². The van der Waals surface area contributed by atoms with Crippen molar-refractivity contribution in [1.82, 2.24) is 9.55 Å². The van der Waals surface area contributed by atoms with Crippen molar-refractivity contribution in [3.8, 4) is 0 Å². The molecule has 1 aliphatic heterocycles. The Morgan fingerprint density at radius 1 is 1.18 bits per heavy atom. The number of pyridine rings is 1. The van der Waals surface area contributed by atoms with E-state index in [0.717, 1.165) is 0 Å². The van der Waals surface area contributed by atoms with Crippen LogP contribution in [0, 0.1) is 5.21 Å². The Labute approximate surface area is 159 Å². The zero-order valence-electron chi connectivity index (χ0n) is 15.4. The van der Waals surface area contributed by atoms with Crippen LogP contribution in [0.3, 0.4) is 0 Å². The maximum Gasteiger partial charge on any atom is 0.314 e. The molecule has 2 aromatic rings. The van der Waals surface area contributed by atoms with Crippen LogP contribution in [0.2, 0.25) is 0 Å². The number of rotatable bonds is 5. The number of carbonyl (C=O) groups excluding carboxylic acids is 3. The minimum absolute atomic E-state index is 0.166.